The summed E-state index contributed by atoms with van der Waals surface area (Å²) < 4.78 is 44.0. The number of hydrogen-bond donors (Lipinski definition) is 1. The van der Waals surface area contributed by atoms with E-state index in [1.54, 1.807) is 26.0 Å². The maximum atomic E-state index is 12.7. The third-order valence-corrected chi connectivity index (χ3v) is 6.75. The lowest BCUT2D eigenvalue weighted by Crippen LogP contribution is -2.16. The van der Waals surface area contributed by atoms with Gasteiger partial charge in [0.2, 0.25) is 11.0 Å². The molecule has 0 aliphatic heterocycles. The summed E-state index contributed by atoms with van der Waals surface area (Å²) in [6.45, 7) is 3.45. The highest BCUT2D eigenvalue weighted by Crippen LogP contribution is 2.60. The molecule has 1 heterocycles. The van der Waals surface area contributed by atoms with E-state index in [1.807, 2.05) is 42.5 Å². The van der Waals surface area contributed by atoms with Gasteiger partial charge >= 0.3 is 6.18 Å². The maximum Gasteiger partial charge on any atom is 0.426 e. The Morgan fingerprint density at radius 2 is 1.73 bits per heavy atom. The zero-order valence-electron chi connectivity index (χ0n) is 17.6. The number of alkyl halides is 3. The van der Waals surface area contributed by atoms with Crippen molar-refractivity contribution in [1.29, 1.82) is 0 Å². The van der Waals surface area contributed by atoms with E-state index < -0.39 is 34.4 Å². The third kappa shape index (κ3) is 5.20. The van der Waals surface area contributed by atoms with Crippen LogP contribution in [0.25, 0.3) is 10.6 Å². The molecule has 2 aromatic carbocycles. The van der Waals surface area contributed by atoms with E-state index in [1.165, 1.54) is 11.3 Å². The Morgan fingerprint density at radius 1 is 1.09 bits per heavy atom. The predicted octanol–water partition coefficient (Wildman–Crippen LogP) is 6.89. The molecule has 4 rings (SSSR count). The van der Waals surface area contributed by atoms with Crippen molar-refractivity contribution < 1.29 is 22.7 Å². The highest BCUT2D eigenvalue weighted by atomic mass is 35.5. The lowest BCUT2D eigenvalue weighted by Gasteiger charge is -2.05. The maximum absolute atomic E-state index is 12.7. The van der Waals surface area contributed by atoms with Crippen LogP contribution in [0.3, 0.4) is 0 Å². The Kier molecular flexibility index (Phi) is 6.20. The molecule has 2 unspecified atom stereocenters. The number of hydrogen-bond acceptors (Lipinski definition) is 5. The number of para-hydroxylation sites is 1. The van der Waals surface area contributed by atoms with Crippen LogP contribution in [0.15, 0.2) is 65.7 Å². The van der Waals surface area contributed by atoms with E-state index in [0.717, 1.165) is 17.4 Å². The average molecular weight is 494 g/mol. The molecule has 2 atom stereocenters. The van der Waals surface area contributed by atoms with Crippen molar-refractivity contribution >= 4 is 34.0 Å². The van der Waals surface area contributed by atoms with Gasteiger partial charge < -0.3 is 10.1 Å². The number of carbonyl (C=O) groups excluding carboxylic acids is 1. The van der Waals surface area contributed by atoms with Gasteiger partial charge in [0, 0.05) is 5.56 Å². The van der Waals surface area contributed by atoms with Crippen molar-refractivity contribution in [3.05, 3.63) is 65.7 Å². The first-order valence-electron chi connectivity index (χ1n) is 9.98. The zero-order chi connectivity index (χ0) is 23.8. The molecule has 1 saturated carbocycles. The number of halogens is 4. The fourth-order valence-electron chi connectivity index (χ4n) is 3.61. The van der Waals surface area contributed by atoms with Crippen LogP contribution in [0.4, 0.5) is 18.3 Å². The Hall–Kier alpha value is -2.91. The summed E-state index contributed by atoms with van der Waals surface area (Å²) in [5.74, 6) is -0.289. The molecule has 0 radical (unpaired) electrons. The first kappa shape index (κ1) is 23.3. The van der Waals surface area contributed by atoms with Gasteiger partial charge in [-0.15, -0.1) is 10.2 Å². The second kappa shape index (κ2) is 8.79. The summed E-state index contributed by atoms with van der Waals surface area (Å²) >= 11 is 6.52. The monoisotopic (exact) mass is 493 g/mol. The standard InChI is InChI=1S/C23H19ClF3N3O2S/c1-22(2)16(12-17(24)23(25,26)27)18(22)19(31)28-21-30-29-20(33-21)13-8-10-15(11-9-13)32-14-6-4-3-5-7-14/h3-12,16,18H,1-2H3,(H,28,30,31)/b17-12+. The smallest absolute Gasteiger partial charge is 0.426 e. The number of anilines is 1. The number of rotatable bonds is 6. The van der Waals surface area contributed by atoms with Gasteiger partial charge in [0.1, 0.15) is 21.5 Å². The molecular formula is C23H19ClF3N3O2S. The summed E-state index contributed by atoms with van der Waals surface area (Å²) in [5, 5.41) is 10.4. The molecule has 1 aliphatic carbocycles. The number of allylic oxidation sites excluding steroid dienone is 2. The number of nitrogens with one attached hydrogen (secondary N) is 1. The van der Waals surface area contributed by atoms with Crippen LogP contribution in [-0.2, 0) is 4.79 Å². The van der Waals surface area contributed by atoms with E-state index in [0.29, 0.717) is 10.8 Å². The number of ether oxygens (including phenoxy) is 1. The van der Waals surface area contributed by atoms with Crippen molar-refractivity contribution in [3.63, 3.8) is 0 Å². The van der Waals surface area contributed by atoms with Crippen LogP contribution in [0.2, 0.25) is 0 Å². The van der Waals surface area contributed by atoms with E-state index in [2.05, 4.69) is 15.5 Å². The fourth-order valence-corrected chi connectivity index (χ4v) is 4.49. The quantitative estimate of drug-likeness (QED) is 0.406. The molecule has 0 saturated heterocycles. The topological polar surface area (TPSA) is 64.1 Å². The van der Waals surface area contributed by atoms with Crippen LogP contribution < -0.4 is 10.1 Å². The molecular weight excluding hydrogens is 475 g/mol. The summed E-state index contributed by atoms with van der Waals surface area (Å²) in [6, 6.07) is 16.6. The van der Waals surface area contributed by atoms with Gasteiger partial charge in [-0.2, -0.15) is 13.2 Å². The van der Waals surface area contributed by atoms with E-state index in [-0.39, 0.29) is 5.13 Å². The molecule has 1 fully saturated rings. The van der Waals surface area contributed by atoms with E-state index in [9.17, 15) is 18.0 Å². The number of nitrogens with zero attached hydrogens (tertiary/aromatic N) is 2. The van der Waals surface area contributed by atoms with Crippen LogP contribution in [0.1, 0.15) is 13.8 Å². The highest BCUT2D eigenvalue weighted by molar-refractivity contribution is 7.18. The van der Waals surface area contributed by atoms with Gasteiger partial charge in [0.05, 0.1) is 5.92 Å². The SMILES string of the molecule is CC1(C)C(/C=C(/Cl)C(F)(F)F)C1C(=O)Nc1nnc(-c2ccc(Oc3ccccc3)cc2)s1. The van der Waals surface area contributed by atoms with Crippen molar-refractivity contribution in [3.8, 4) is 22.1 Å². The molecule has 0 spiro atoms. The third-order valence-electron chi connectivity index (χ3n) is 5.53. The van der Waals surface area contributed by atoms with E-state index in [4.69, 9.17) is 16.3 Å². The molecule has 1 aromatic heterocycles. The van der Waals surface area contributed by atoms with Gasteiger partial charge in [-0.3, -0.25) is 4.79 Å². The highest BCUT2D eigenvalue weighted by Gasteiger charge is 2.61. The largest absolute Gasteiger partial charge is 0.457 e. The molecule has 172 valence electrons. The van der Waals surface area contributed by atoms with Gasteiger partial charge in [-0.05, 0) is 47.7 Å². The van der Waals surface area contributed by atoms with Gasteiger partial charge in [-0.1, -0.05) is 61.1 Å². The minimum absolute atomic E-state index is 0.270. The second-order valence-electron chi connectivity index (χ2n) is 8.18. The predicted molar refractivity (Wildman–Crippen MR) is 121 cm³/mol. The Labute approximate surface area is 197 Å². The minimum atomic E-state index is -4.63. The van der Waals surface area contributed by atoms with Crippen molar-refractivity contribution in [2.45, 2.75) is 20.0 Å². The first-order valence-corrected chi connectivity index (χ1v) is 11.2. The van der Waals surface area contributed by atoms with Crippen LogP contribution in [0.5, 0.6) is 11.5 Å². The van der Waals surface area contributed by atoms with Crippen molar-refractivity contribution in [1.82, 2.24) is 10.2 Å². The zero-order valence-corrected chi connectivity index (χ0v) is 19.1. The molecule has 33 heavy (non-hydrogen) atoms. The molecule has 1 aliphatic rings. The molecule has 0 bridgehead atoms. The molecule has 1 amide bonds. The van der Waals surface area contributed by atoms with Crippen LogP contribution in [-0.4, -0.2) is 22.3 Å². The summed E-state index contributed by atoms with van der Waals surface area (Å²) in [4.78, 5) is 12.7. The molecule has 3 aromatic rings. The lowest BCUT2D eigenvalue weighted by atomic mass is 10.1. The first-order chi connectivity index (χ1) is 15.6. The Balaban J connectivity index is 1.40. The molecule has 5 nitrogen and oxygen atoms in total. The van der Waals surface area contributed by atoms with Gasteiger partial charge in [0.25, 0.3) is 0 Å². The average Bonchev–Trinajstić information content (AvgIpc) is 3.07. The van der Waals surface area contributed by atoms with Gasteiger partial charge in [-0.25, -0.2) is 0 Å². The number of amides is 1. The van der Waals surface area contributed by atoms with Crippen molar-refractivity contribution in [2.24, 2.45) is 17.3 Å². The molecule has 10 heteroatoms. The fraction of sp³-hybridized carbons (Fsp3) is 0.261. The summed E-state index contributed by atoms with van der Waals surface area (Å²) in [5.41, 5.74) is 0.148. The molecule has 1 N–H and O–H groups in total. The Bertz CT molecular complexity index is 1180. The summed E-state index contributed by atoms with van der Waals surface area (Å²) in [6.07, 6.45) is -3.71. The van der Waals surface area contributed by atoms with Crippen molar-refractivity contribution in [2.75, 3.05) is 5.32 Å². The second-order valence-corrected chi connectivity index (χ2v) is 9.56. The van der Waals surface area contributed by atoms with Crippen LogP contribution in [0, 0.1) is 17.3 Å². The minimum Gasteiger partial charge on any atom is -0.457 e. The number of benzene rings is 2. The summed E-state index contributed by atoms with van der Waals surface area (Å²) in [7, 11) is 0. The Morgan fingerprint density at radius 3 is 2.36 bits per heavy atom. The lowest BCUT2D eigenvalue weighted by molar-refractivity contribution is -0.118. The van der Waals surface area contributed by atoms with E-state index >= 15 is 0 Å². The number of aromatic nitrogens is 2. The number of carbonyl (C=O) groups is 1. The van der Waals surface area contributed by atoms with Gasteiger partial charge in [0.15, 0.2) is 0 Å². The normalized spacial score (nSPS) is 19.8. The van der Waals surface area contributed by atoms with Crippen LogP contribution >= 0.6 is 22.9 Å².